The molecule has 0 saturated carbocycles. The summed E-state index contributed by atoms with van der Waals surface area (Å²) in [5.74, 6) is 0.188. The summed E-state index contributed by atoms with van der Waals surface area (Å²) in [4.78, 5) is 14.4. The van der Waals surface area contributed by atoms with Crippen LogP contribution in [-0.4, -0.2) is 20.2 Å². The first-order valence-corrected chi connectivity index (χ1v) is 7.38. The molecular weight excluding hydrogens is 322 g/mol. The van der Waals surface area contributed by atoms with Gasteiger partial charge in [-0.2, -0.15) is 0 Å². The van der Waals surface area contributed by atoms with Crippen LogP contribution in [0.4, 0.5) is 0 Å². The fourth-order valence-corrected chi connectivity index (χ4v) is 2.12. The Morgan fingerprint density at radius 3 is 2.56 bits per heavy atom. The first kappa shape index (κ1) is 17.9. The van der Waals surface area contributed by atoms with E-state index in [2.05, 4.69) is 14.8 Å². The third-order valence-corrected chi connectivity index (χ3v) is 3.29. The standard InChI is InChI=1S/C18H17N3O4/c1-23-16-10-6-9-14(11-15(20-21-19)18(22)24-2)17(16)25-12-13-7-4-3-5-8-13/h3-11H,12H2,1-2H3. The summed E-state index contributed by atoms with van der Waals surface area (Å²) in [6.07, 6.45) is 1.40. The van der Waals surface area contributed by atoms with Crippen molar-refractivity contribution in [1.82, 2.24) is 0 Å². The normalized spacial score (nSPS) is 10.6. The molecule has 7 nitrogen and oxygen atoms in total. The van der Waals surface area contributed by atoms with E-state index < -0.39 is 5.97 Å². The highest BCUT2D eigenvalue weighted by Gasteiger charge is 2.13. The van der Waals surface area contributed by atoms with Crippen molar-refractivity contribution in [2.45, 2.75) is 6.61 Å². The van der Waals surface area contributed by atoms with E-state index in [4.69, 9.17) is 15.0 Å². The molecule has 0 spiro atoms. The number of hydrogen-bond acceptors (Lipinski definition) is 5. The largest absolute Gasteiger partial charge is 0.493 e. The molecule has 0 radical (unpaired) electrons. The van der Waals surface area contributed by atoms with E-state index in [0.29, 0.717) is 23.7 Å². The lowest BCUT2D eigenvalue weighted by Crippen LogP contribution is -2.03. The van der Waals surface area contributed by atoms with Crippen molar-refractivity contribution in [1.29, 1.82) is 0 Å². The van der Waals surface area contributed by atoms with Gasteiger partial charge in [-0.25, -0.2) is 4.79 Å². The predicted molar refractivity (Wildman–Crippen MR) is 92.9 cm³/mol. The molecule has 0 bridgehead atoms. The van der Waals surface area contributed by atoms with Crippen LogP contribution in [0.25, 0.3) is 16.5 Å². The lowest BCUT2D eigenvalue weighted by atomic mass is 10.1. The van der Waals surface area contributed by atoms with Gasteiger partial charge in [0.15, 0.2) is 11.5 Å². The topological polar surface area (TPSA) is 93.5 Å². The first-order chi connectivity index (χ1) is 12.2. The molecule has 0 saturated heterocycles. The second kappa shape index (κ2) is 9.00. The van der Waals surface area contributed by atoms with E-state index in [-0.39, 0.29) is 5.70 Å². The highest BCUT2D eigenvalue weighted by Crippen LogP contribution is 2.33. The molecule has 0 aromatic heterocycles. The number of carbonyl (C=O) groups excluding carboxylic acids is 1. The van der Waals surface area contributed by atoms with Crippen molar-refractivity contribution < 1.29 is 19.0 Å². The van der Waals surface area contributed by atoms with Crippen molar-refractivity contribution in [3.8, 4) is 11.5 Å². The van der Waals surface area contributed by atoms with Crippen molar-refractivity contribution in [2.24, 2.45) is 5.11 Å². The van der Waals surface area contributed by atoms with Gasteiger partial charge in [-0.1, -0.05) is 47.6 Å². The number of esters is 1. The molecule has 0 N–H and O–H groups in total. The molecule has 2 rings (SSSR count). The summed E-state index contributed by atoms with van der Waals surface area (Å²) in [5, 5.41) is 3.38. The summed E-state index contributed by atoms with van der Waals surface area (Å²) in [6, 6.07) is 14.8. The van der Waals surface area contributed by atoms with Crippen LogP contribution in [0.5, 0.6) is 11.5 Å². The summed E-state index contributed by atoms with van der Waals surface area (Å²) in [6.45, 7) is 0.317. The van der Waals surface area contributed by atoms with Crippen LogP contribution in [0.15, 0.2) is 59.3 Å². The van der Waals surface area contributed by atoms with Crippen molar-refractivity contribution in [3.05, 3.63) is 75.8 Å². The Morgan fingerprint density at radius 2 is 1.92 bits per heavy atom. The number of methoxy groups -OCH3 is 2. The van der Waals surface area contributed by atoms with E-state index in [1.54, 1.807) is 18.2 Å². The molecule has 7 heteroatoms. The highest BCUT2D eigenvalue weighted by molar-refractivity contribution is 5.93. The van der Waals surface area contributed by atoms with Crippen LogP contribution in [0.3, 0.4) is 0 Å². The molecule has 0 aliphatic carbocycles. The molecule has 0 aliphatic rings. The summed E-state index contributed by atoms with van der Waals surface area (Å²) < 4.78 is 15.8. The van der Waals surface area contributed by atoms with Gasteiger partial charge in [-0.05, 0) is 23.2 Å². The number of ether oxygens (including phenoxy) is 3. The van der Waals surface area contributed by atoms with Crippen LogP contribution < -0.4 is 9.47 Å². The second-order valence-corrected chi connectivity index (χ2v) is 4.86. The summed E-state index contributed by atoms with van der Waals surface area (Å²) in [5.41, 5.74) is 9.97. The molecule has 0 atom stereocenters. The Bertz CT molecular complexity index is 812. The van der Waals surface area contributed by atoms with E-state index in [1.165, 1.54) is 20.3 Å². The maximum atomic E-state index is 11.7. The molecule has 0 fully saturated rings. The Hall–Kier alpha value is -3.44. The predicted octanol–water partition coefficient (Wildman–Crippen LogP) is 4.10. The first-order valence-electron chi connectivity index (χ1n) is 7.38. The maximum absolute atomic E-state index is 11.7. The van der Waals surface area contributed by atoms with Gasteiger partial charge >= 0.3 is 5.97 Å². The maximum Gasteiger partial charge on any atom is 0.340 e. The molecule has 2 aromatic rings. The van der Waals surface area contributed by atoms with Gasteiger partial charge in [0.25, 0.3) is 0 Å². The zero-order valence-electron chi connectivity index (χ0n) is 13.9. The molecule has 0 unspecified atom stereocenters. The van der Waals surface area contributed by atoms with Gasteiger partial charge in [-0.3, -0.25) is 0 Å². The minimum absolute atomic E-state index is 0.178. The third kappa shape index (κ3) is 4.76. The van der Waals surface area contributed by atoms with E-state index in [1.807, 2.05) is 30.3 Å². The van der Waals surface area contributed by atoms with Crippen LogP contribution in [0, 0.1) is 0 Å². The SMILES string of the molecule is COC(=O)C(=Cc1cccc(OC)c1OCc1ccccc1)N=[N+]=[N-]. The Labute approximate surface area is 145 Å². The summed E-state index contributed by atoms with van der Waals surface area (Å²) >= 11 is 0. The van der Waals surface area contributed by atoms with Crippen molar-refractivity contribution in [2.75, 3.05) is 14.2 Å². The smallest absolute Gasteiger partial charge is 0.340 e. The molecule has 0 amide bonds. The number of para-hydroxylation sites is 1. The fourth-order valence-electron chi connectivity index (χ4n) is 2.12. The van der Waals surface area contributed by atoms with Gasteiger partial charge in [-0.15, -0.1) is 0 Å². The second-order valence-electron chi connectivity index (χ2n) is 4.86. The molecule has 0 heterocycles. The fraction of sp³-hybridized carbons (Fsp3) is 0.167. The van der Waals surface area contributed by atoms with Gasteiger partial charge in [0.2, 0.25) is 0 Å². The molecule has 25 heavy (non-hydrogen) atoms. The minimum Gasteiger partial charge on any atom is -0.493 e. The quantitative estimate of drug-likeness (QED) is 0.249. The monoisotopic (exact) mass is 339 g/mol. The number of rotatable bonds is 7. The van der Waals surface area contributed by atoms with E-state index >= 15 is 0 Å². The van der Waals surface area contributed by atoms with Gasteiger partial charge in [0, 0.05) is 10.5 Å². The highest BCUT2D eigenvalue weighted by atomic mass is 16.5. The third-order valence-electron chi connectivity index (χ3n) is 3.29. The number of benzene rings is 2. The average molecular weight is 339 g/mol. The molecule has 2 aromatic carbocycles. The molecule has 0 aliphatic heterocycles. The molecular formula is C18H17N3O4. The van der Waals surface area contributed by atoms with Crippen molar-refractivity contribution >= 4 is 12.0 Å². The number of nitrogens with zero attached hydrogens (tertiary/aromatic N) is 3. The lowest BCUT2D eigenvalue weighted by Gasteiger charge is -2.14. The van der Waals surface area contributed by atoms with Crippen LogP contribution in [0.1, 0.15) is 11.1 Å². The van der Waals surface area contributed by atoms with Crippen LogP contribution in [0.2, 0.25) is 0 Å². The number of azide groups is 1. The molecule has 128 valence electrons. The van der Waals surface area contributed by atoms with Gasteiger partial charge in [0.05, 0.1) is 14.2 Å². The van der Waals surface area contributed by atoms with E-state index in [9.17, 15) is 4.79 Å². The van der Waals surface area contributed by atoms with Crippen LogP contribution >= 0.6 is 0 Å². The Kier molecular flexibility index (Phi) is 6.45. The zero-order valence-corrected chi connectivity index (χ0v) is 13.9. The Balaban J connectivity index is 2.40. The summed E-state index contributed by atoms with van der Waals surface area (Å²) in [7, 11) is 2.73. The van der Waals surface area contributed by atoms with Gasteiger partial charge < -0.3 is 14.2 Å². The van der Waals surface area contributed by atoms with Crippen LogP contribution in [-0.2, 0) is 16.1 Å². The number of hydrogen-bond donors (Lipinski definition) is 0. The Morgan fingerprint density at radius 1 is 1.16 bits per heavy atom. The zero-order chi connectivity index (χ0) is 18.1. The minimum atomic E-state index is -0.741. The van der Waals surface area contributed by atoms with E-state index in [0.717, 1.165) is 5.56 Å². The lowest BCUT2D eigenvalue weighted by molar-refractivity contribution is -0.136. The van der Waals surface area contributed by atoms with Gasteiger partial charge in [0.1, 0.15) is 12.3 Å². The average Bonchev–Trinajstić information content (AvgIpc) is 2.66. The van der Waals surface area contributed by atoms with Crippen molar-refractivity contribution in [3.63, 3.8) is 0 Å². The number of carbonyl (C=O) groups is 1.